The van der Waals surface area contributed by atoms with E-state index in [0.29, 0.717) is 25.9 Å². The van der Waals surface area contributed by atoms with Gasteiger partial charge in [0, 0.05) is 13.7 Å². The van der Waals surface area contributed by atoms with Gasteiger partial charge in [0.1, 0.15) is 6.04 Å². The zero-order chi connectivity index (χ0) is 15.5. The van der Waals surface area contributed by atoms with Crippen LogP contribution in [0.1, 0.15) is 18.4 Å². The molecule has 2 rings (SSSR count). The number of carbonyl (C=O) groups is 1. The van der Waals surface area contributed by atoms with Crippen LogP contribution in [0.5, 0.6) is 0 Å². The molecule has 1 aliphatic heterocycles. The van der Waals surface area contributed by atoms with Gasteiger partial charge in [-0.2, -0.15) is 4.31 Å². The van der Waals surface area contributed by atoms with Crippen LogP contribution < -0.4 is 0 Å². The summed E-state index contributed by atoms with van der Waals surface area (Å²) in [6, 6.07) is 5.56. The van der Waals surface area contributed by atoms with Gasteiger partial charge in [-0.25, -0.2) is 8.42 Å². The number of ether oxygens (including phenoxy) is 1. The van der Waals surface area contributed by atoms with Gasteiger partial charge in [-0.15, -0.1) is 0 Å². The molecule has 0 saturated carbocycles. The zero-order valence-corrected chi connectivity index (χ0v) is 12.7. The highest BCUT2D eigenvalue weighted by Crippen LogP contribution is 2.26. The van der Waals surface area contributed by atoms with Crippen molar-refractivity contribution >= 4 is 16.0 Å². The normalized spacial score (nSPS) is 19.8. The number of aliphatic carboxylic acids is 1. The van der Waals surface area contributed by atoms with Crippen LogP contribution in [0.3, 0.4) is 0 Å². The quantitative estimate of drug-likeness (QED) is 0.850. The lowest BCUT2D eigenvalue weighted by Gasteiger charge is -2.21. The van der Waals surface area contributed by atoms with E-state index < -0.39 is 22.0 Å². The highest BCUT2D eigenvalue weighted by molar-refractivity contribution is 7.89. The Balaban J connectivity index is 2.21. The van der Waals surface area contributed by atoms with E-state index in [9.17, 15) is 13.2 Å². The predicted octanol–water partition coefficient (Wildman–Crippen LogP) is 1.11. The van der Waals surface area contributed by atoms with Crippen LogP contribution in [0, 0.1) is 0 Å². The van der Waals surface area contributed by atoms with Gasteiger partial charge >= 0.3 is 5.97 Å². The standard InChI is InChI=1S/C14H19NO5S/c1-20-10-8-11-4-6-12(7-5-11)21(18,19)15-9-2-3-13(15)14(16)17/h4-7,13H,2-3,8-10H2,1H3,(H,16,17)/t13-/m1/s1. The second-order valence-electron chi connectivity index (χ2n) is 5.00. The molecule has 1 aromatic rings. The van der Waals surface area contributed by atoms with Gasteiger partial charge < -0.3 is 9.84 Å². The van der Waals surface area contributed by atoms with Crippen molar-refractivity contribution in [1.82, 2.24) is 4.31 Å². The molecule has 1 aromatic carbocycles. The van der Waals surface area contributed by atoms with Crippen molar-refractivity contribution < 1.29 is 23.1 Å². The molecule has 116 valence electrons. The van der Waals surface area contributed by atoms with Gasteiger partial charge in [-0.05, 0) is 37.0 Å². The molecule has 21 heavy (non-hydrogen) atoms. The minimum Gasteiger partial charge on any atom is -0.480 e. The smallest absolute Gasteiger partial charge is 0.322 e. The molecule has 0 bridgehead atoms. The molecular weight excluding hydrogens is 294 g/mol. The summed E-state index contributed by atoms with van der Waals surface area (Å²) in [5.41, 5.74) is 0.979. The molecule has 6 nitrogen and oxygen atoms in total. The van der Waals surface area contributed by atoms with Crippen LogP contribution in [-0.2, 0) is 26.0 Å². The van der Waals surface area contributed by atoms with Gasteiger partial charge in [0.15, 0.2) is 0 Å². The fraction of sp³-hybridized carbons (Fsp3) is 0.500. The Morgan fingerprint density at radius 3 is 2.62 bits per heavy atom. The van der Waals surface area contributed by atoms with E-state index in [-0.39, 0.29) is 11.4 Å². The molecular formula is C14H19NO5S. The Morgan fingerprint density at radius 1 is 1.38 bits per heavy atom. The van der Waals surface area contributed by atoms with Crippen molar-refractivity contribution in [1.29, 1.82) is 0 Å². The van der Waals surface area contributed by atoms with Gasteiger partial charge in [-0.1, -0.05) is 12.1 Å². The van der Waals surface area contributed by atoms with Crippen molar-refractivity contribution in [2.24, 2.45) is 0 Å². The third-order valence-electron chi connectivity index (χ3n) is 3.61. The number of carboxylic acid groups (broad SMARTS) is 1. The Morgan fingerprint density at radius 2 is 2.05 bits per heavy atom. The molecule has 0 aromatic heterocycles. The van der Waals surface area contributed by atoms with E-state index in [1.54, 1.807) is 19.2 Å². The summed E-state index contributed by atoms with van der Waals surface area (Å²) in [6.45, 7) is 0.823. The number of methoxy groups -OCH3 is 1. The van der Waals surface area contributed by atoms with Crippen LogP contribution in [0.2, 0.25) is 0 Å². The summed E-state index contributed by atoms with van der Waals surface area (Å²) in [7, 11) is -2.14. The number of sulfonamides is 1. The molecule has 1 fully saturated rings. The molecule has 0 aliphatic carbocycles. The van der Waals surface area contributed by atoms with Gasteiger partial charge in [0.25, 0.3) is 0 Å². The molecule has 1 saturated heterocycles. The highest BCUT2D eigenvalue weighted by Gasteiger charge is 2.39. The predicted molar refractivity (Wildman–Crippen MR) is 76.6 cm³/mol. The van der Waals surface area contributed by atoms with E-state index in [2.05, 4.69) is 0 Å². The largest absolute Gasteiger partial charge is 0.480 e. The SMILES string of the molecule is COCCc1ccc(S(=O)(=O)N2CCC[C@@H]2C(=O)O)cc1. The summed E-state index contributed by atoms with van der Waals surface area (Å²) >= 11 is 0. The highest BCUT2D eigenvalue weighted by atomic mass is 32.2. The molecule has 0 radical (unpaired) electrons. The van der Waals surface area contributed by atoms with Gasteiger partial charge in [-0.3, -0.25) is 4.79 Å². The van der Waals surface area contributed by atoms with Crippen molar-refractivity contribution in [2.45, 2.75) is 30.2 Å². The molecule has 7 heteroatoms. The molecule has 1 aliphatic rings. The fourth-order valence-electron chi connectivity index (χ4n) is 2.46. The number of carboxylic acids is 1. The third-order valence-corrected chi connectivity index (χ3v) is 5.54. The molecule has 1 atom stereocenters. The van der Waals surface area contributed by atoms with E-state index in [1.807, 2.05) is 0 Å². The van der Waals surface area contributed by atoms with Gasteiger partial charge in [0.2, 0.25) is 10.0 Å². The second-order valence-corrected chi connectivity index (χ2v) is 6.89. The lowest BCUT2D eigenvalue weighted by molar-refractivity contribution is -0.140. The van der Waals surface area contributed by atoms with Crippen LogP contribution in [-0.4, -0.2) is 50.1 Å². The summed E-state index contributed by atoms with van der Waals surface area (Å²) < 4.78 is 31.1. The average Bonchev–Trinajstić information content (AvgIpc) is 2.96. The molecule has 0 spiro atoms. The molecule has 0 amide bonds. The first kappa shape index (κ1) is 15.9. The Bertz CT molecular complexity index is 596. The maximum absolute atomic E-state index is 12.5. The van der Waals surface area contributed by atoms with E-state index >= 15 is 0 Å². The third kappa shape index (κ3) is 3.42. The zero-order valence-electron chi connectivity index (χ0n) is 11.9. The first-order valence-corrected chi connectivity index (χ1v) is 8.23. The topological polar surface area (TPSA) is 83.9 Å². The lowest BCUT2D eigenvalue weighted by Crippen LogP contribution is -2.40. The van der Waals surface area contributed by atoms with Crippen molar-refractivity contribution in [3.8, 4) is 0 Å². The van der Waals surface area contributed by atoms with E-state index in [0.717, 1.165) is 9.87 Å². The minimum atomic E-state index is -3.75. The Kier molecular flexibility index (Phi) is 4.97. The summed E-state index contributed by atoms with van der Waals surface area (Å²) in [6.07, 6.45) is 1.64. The monoisotopic (exact) mass is 313 g/mol. The molecule has 0 unspecified atom stereocenters. The second kappa shape index (κ2) is 6.55. The number of rotatable bonds is 6. The van der Waals surface area contributed by atoms with Gasteiger partial charge in [0.05, 0.1) is 11.5 Å². The van der Waals surface area contributed by atoms with E-state index in [4.69, 9.17) is 9.84 Å². The molecule has 1 N–H and O–H groups in total. The summed E-state index contributed by atoms with van der Waals surface area (Å²) in [5.74, 6) is -1.09. The van der Waals surface area contributed by atoms with E-state index in [1.165, 1.54) is 12.1 Å². The number of hydrogen-bond acceptors (Lipinski definition) is 4. The summed E-state index contributed by atoms with van der Waals surface area (Å²) in [4.78, 5) is 11.3. The summed E-state index contributed by atoms with van der Waals surface area (Å²) in [5, 5.41) is 9.12. The maximum atomic E-state index is 12.5. The number of benzene rings is 1. The first-order valence-electron chi connectivity index (χ1n) is 6.79. The fourth-order valence-corrected chi connectivity index (χ4v) is 4.11. The Labute approximate surface area is 124 Å². The average molecular weight is 313 g/mol. The van der Waals surface area contributed by atoms with Crippen molar-refractivity contribution in [3.63, 3.8) is 0 Å². The van der Waals surface area contributed by atoms with Crippen LogP contribution in [0.15, 0.2) is 29.2 Å². The maximum Gasteiger partial charge on any atom is 0.322 e. The lowest BCUT2D eigenvalue weighted by atomic mass is 10.2. The first-order chi connectivity index (χ1) is 9.96. The number of hydrogen-bond donors (Lipinski definition) is 1. The van der Waals surface area contributed by atoms with Crippen LogP contribution in [0.4, 0.5) is 0 Å². The minimum absolute atomic E-state index is 0.136. The van der Waals surface area contributed by atoms with Crippen molar-refractivity contribution in [3.05, 3.63) is 29.8 Å². The van der Waals surface area contributed by atoms with Crippen molar-refractivity contribution in [2.75, 3.05) is 20.3 Å². The van der Waals surface area contributed by atoms with Crippen LogP contribution >= 0.6 is 0 Å². The number of nitrogens with zero attached hydrogens (tertiary/aromatic N) is 1. The van der Waals surface area contributed by atoms with Crippen LogP contribution in [0.25, 0.3) is 0 Å². The molecule has 1 heterocycles. The Hall–Kier alpha value is -1.44.